The molecule has 142 valence electrons. The van der Waals surface area contributed by atoms with Crippen LogP contribution in [0.2, 0.25) is 0 Å². The molecule has 1 fully saturated rings. The Hall–Kier alpha value is -2.52. The van der Waals surface area contributed by atoms with Crippen LogP contribution in [0.5, 0.6) is 0 Å². The van der Waals surface area contributed by atoms with Gasteiger partial charge >= 0.3 is 0 Å². The fourth-order valence-electron chi connectivity index (χ4n) is 3.40. The van der Waals surface area contributed by atoms with E-state index < -0.39 is 10.0 Å². The second-order valence-electron chi connectivity index (χ2n) is 6.81. The Balaban J connectivity index is 1.41. The van der Waals surface area contributed by atoms with E-state index in [1.807, 2.05) is 43.3 Å². The Kier molecular flexibility index (Phi) is 4.79. The van der Waals surface area contributed by atoms with Gasteiger partial charge < -0.3 is 5.32 Å². The number of aromatic nitrogens is 4. The van der Waals surface area contributed by atoms with Gasteiger partial charge in [0.2, 0.25) is 10.0 Å². The minimum Gasteiger partial charge on any atom is -0.367 e. The van der Waals surface area contributed by atoms with E-state index in [0.29, 0.717) is 18.9 Å². The molecule has 1 aliphatic rings. The van der Waals surface area contributed by atoms with Gasteiger partial charge in [-0.15, -0.1) is 0 Å². The SMILES string of the molecule is Cc1cc(NC2CCN(S(=O)(=O)Cc3ccccc3)CC2)n2ncnc2n1. The van der Waals surface area contributed by atoms with E-state index in [9.17, 15) is 8.42 Å². The quantitative estimate of drug-likeness (QED) is 0.719. The van der Waals surface area contributed by atoms with Crippen LogP contribution in [-0.4, -0.2) is 51.4 Å². The summed E-state index contributed by atoms with van der Waals surface area (Å²) in [6.07, 6.45) is 2.96. The molecule has 9 heteroatoms. The van der Waals surface area contributed by atoms with Crippen LogP contribution in [0.25, 0.3) is 5.78 Å². The number of anilines is 1. The lowest BCUT2D eigenvalue weighted by molar-refractivity contribution is 0.329. The van der Waals surface area contributed by atoms with E-state index >= 15 is 0 Å². The summed E-state index contributed by atoms with van der Waals surface area (Å²) in [5.74, 6) is 1.44. The molecule has 1 saturated heterocycles. The number of rotatable bonds is 5. The highest BCUT2D eigenvalue weighted by Crippen LogP contribution is 2.21. The van der Waals surface area contributed by atoms with E-state index in [0.717, 1.165) is 29.9 Å². The minimum atomic E-state index is -3.30. The maximum Gasteiger partial charge on any atom is 0.254 e. The average Bonchev–Trinajstić information content (AvgIpc) is 3.11. The summed E-state index contributed by atoms with van der Waals surface area (Å²) in [4.78, 5) is 8.47. The molecule has 1 aromatic carbocycles. The monoisotopic (exact) mass is 386 g/mol. The lowest BCUT2D eigenvalue weighted by Crippen LogP contribution is -2.43. The van der Waals surface area contributed by atoms with Crippen LogP contribution in [0.4, 0.5) is 5.82 Å². The zero-order valence-electron chi connectivity index (χ0n) is 15.1. The van der Waals surface area contributed by atoms with E-state index in [4.69, 9.17) is 0 Å². The minimum absolute atomic E-state index is 0.0507. The third kappa shape index (κ3) is 3.93. The molecule has 4 rings (SSSR count). The van der Waals surface area contributed by atoms with Crippen molar-refractivity contribution >= 4 is 21.6 Å². The van der Waals surface area contributed by atoms with Crippen molar-refractivity contribution in [1.82, 2.24) is 23.9 Å². The molecule has 0 unspecified atom stereocenters. The first-order valence-corrected chi connectivity index (χ1v) is 10.6. The number of aryl methyl sites for hydroxylation is 1. The molecule has 0 radical (unpaired) electrons. The molecular formula is C18H22N6O2S. The van der Waals surface area contributed by atoms with Gasteiger partial charge in [-0.1, -0.05) is 30.3 Å². The molecule has 1 aliphatic heterocycles. The molecule has 2 aromatic heterocycles. The summed E-state index contributed by atoms with van der Waals surface area (Å²) in [6, 6.07) is 11.4. The zero-order chi connectivity index (χ0) is 18.9. The van der Waals surface area contributed by atoms with Crippen LogP contribution in [-0.2, 0) is 15.8 Å². The Bertz CT molecular complexity index is 1030. The number of hydrogen-bond donors (Lipinski definition) is 1. The molecule has 0 saturated carbocycles. The average molecular weight is 386 g/mol. The maximum atomic E-state index is 12.7. The van der Waals surface area contributed by atoms with Crippen molar-refractivity contribution in [2.24, 2.45) is 0 Å². The van der Waals surface area contributed by atoms with Crippen molar-refractivity contribution in [3.05, 3.63) is 54.0 Å². The molecule has 3 heterocycles. The summed E-state index contributed by atoms with van der Waals surface area (Å²) in [7, 11) is -3.30. The first kappa shape index (κ1) is 17.9. The summed E-state index contributed by atoms with van der Waals surface area (Å²) < 4.78 is 28.6. The van der Waals surface area contributed by atoms with Crippen LogP contribution in [0.3, 0.4) is 0 Å². The third-order valence-corrected chi connectivity index (χ3v) is 6.62. The van der Waals surface area contributed by atoms with Crippen molar-refractivity contribution in [1.29, 1.82) is 0 Å². The lowest BCUT2D eigenvalue weighted by atomic mass is 10.1. The number of hydrogen-bond acceptors (Lipinski definition) is 6. The first-order valence-electron chi connectivity index (χ1n) is 8.97. The molecule has 0 bridgehead atoms. The fraction of sp³-hybridized carbons (Fsp3) is 0.389. The van der Waals surface area contributed by atoms with Crippen LogP contribution in [0.15, 0.2) is 42.7 Å². The number of nitrogens with zero attached hydrogens (tertiary/aromatic N) is 5. The molecule has 0 aliphatic carbocycles. The van der Waals surface area contributed by atoms with Gasteiger partial charge in [0.25, 0.3) is 5.78 Å². The van der Waals surface area contributed by atoms with E-state index in [1.54, 1.807) is 8.82 Å². The van der Waals surface area contributed by atoms with Crippen LogP contribution in [0.1, 0.15) is 24.1 Å². The maximum absolute atomic E-state index is 12.7. The highest BCUT2D eigenvalue weighted by atomic mass is 32.2. The van der Waals surface area contributed by atoms with E-state index in [2.05, 4.69) is 20.4 Å². The second-order valence-corrected chi connectivity index (χ2v) is 8.78. The van der Waals surface area contributed by atoms with Gasteiger partial charge in [0, 0.05) is 30.9 Å². The number of nitrogens with one attached hydrogen (secondary N) is 1. The van der Waals surface area contributed by atoms with Crippen LogP contribution < -0.4 is 5.32 Å². The van der Waals surface area contributed by atoms with Gasteiger partial charge in [0.1, 0.15) is 12.1 Å². The second kappa shape index (κ2) is 7.24. The molecule has 1 N–H and O–H groups in total. The third-order valence-electron chi connectivity index (χ3n) is 4.77. The van der Waals surface area contributed by atoms with Crippen molar-refractivity contribution in [3.8, 4) is 0 Å². The number of piperidine rings is 1. The molecular weight excluding hydrogens is 364 g/mol. The van der Waals surface area contributed by atoms with Gasteiger partial charge in [-0.05, 0) is 25.3 Å². The van der Waals surface area contributed by atoms with Gasteiger partial charge in [-0.2, -0.15) is 14.6 Å². The molecule has 0 atom stereocenters. The molecule has 0 spiro atoms. The van der Waals surface area contributed by atoms with Gasteiger partial charge in [-0.3, -0.25) is 0 Å². The van der Waals surface area contributed by atoms with Crippen LogP contribution in [0, 0.1) is 6.92 Å². The molecule has 0 amide bonds. The predicted octanol–water partition coefficient (Wildman–Crippen LogP) is 1.84. The number of benzene rings is 1. The number of sulfonamides is 1. The fourth-order valence-corrected chi connectivity index (χ4v) is 4.96. The summed E-state index contributed by atoms with van der Waals surface area (Å²) in [5.41, 5.74) is 1.68. The standard InChI is InChI=1S/C18H22N6O2S/c1-14-11-17(24-18(21-14)19-13-20-24)22-16-7-9-23(10-8-16)27(25,26)12-15-5-3-2-4-6-15/h2-6,11,13,16,22H,7-10,12H2,1H3. The lowest BCUT2D eigenvalue weighted by Gasteiger charge is -2.32. The van der Waals surface area contributed by atoms with Crippen molar-refractivity contribution in [2.75, 3.05) is 18.4 Å². The van der Waals surface area contributed by atoms with Crippen molar-refractivity contribution in [2.45, 2.75) is 31.6 Å². The van der Waals surface area contributed by atoms with E-state index in [1.165, 1.54) is 6.33 Å². The molecule has 3 aromatic rings. The highest BCUT2D eigenvalue weighted by Gasteiger charge is 2.28. The molecule has 8 nitrogen and oxygen atoms in total. The summed E-state index contributed by atoms with van der Waals surface area (Å²) >= 11 is 0. The molecule has 27 heavy (non-hydrogen) atoms. The number of fused-ring (bicyclic) bond motifs is 1. The summed E-state index contributed by atoms with van der Waals surface area (Å²) in [5, 5.41) is 7.67. The Morgan fingerprint density at radius 3 is 2.67 bits per heavy atom. The zero-order valence-corrected chi connectivity index (χ0v) is 15.9. The van der Waals surface area contributed by atoms with Gasteiger partial charge in [0.15, 0.2) is 0 Å². The highest BCUT2D eigenvalue weighted by molar-refractivity contribution is 7.88. The smallest absolute Gasteiger partial charge is 0.254 e. The van der Waals surface area contributed by atoms with Crippen LogP contribution >= 0.6 is 0 Å². The van der Waals surface area contributed by atoms with E-state index in [-0.39, 0.29) is 11.8 Å². The predicted molar refractivity (Wildman–Crippen MR) is 103 cm³/mol. The topological polar surface area (TPSA) is 92.5 Å². The van der Waals surface area contributed by atoms with Gasteiger partial charge in [0.05, 0.1) is 5.75 Å². The van der Waals surface area contributed by atoms with Crippen molar-refractivity contribution in [3.63, 3.8) is 0 Å². The summed E-state index contributed by atoms with van der Waals surface area (Å²) in [6.45, 7) is 2.94. The first-order chi connectivity index (χ1) is 13.0. The Morgan fingerprint density at radius 2 is 1.93 bits per heavy atom. The Labute approximate surface area is 158 Å². The largest absolute Gasteiger partial charge is 0.367 e. The normalized spacial score (nSPS) is 16.6. The van der Waals surface area contributed by atoms with Gasteiger partial charge in [-0.25, -0.2) is 17.7 Å². The Morgan fingerprint density at radius 1 is 1.19 bits per heavy atom. The van der Waals surface area contributed by atoms with Crippen molar-refractivity contribution < 1.29 is 8.42 Å².